The van der Waals surface area contributed by atoms with Crippen LogP contribution in [0.4, 0.5) is 0 Å². The summed E-state index contributed by atoms with van der Waals surface area (Å²) in [5.74, 6) is 0.502. The van der Waals surface area contributed by atoms with Crippen molar-refractivity contribution in [2.75, 3.05) is 6.61 Å². The van der Waals surface area contributed by atoms with E-state index >= 15 is 0 Å². The number of hydrogen-bond acceptors (Lipinski definition) is 4. The van der Waals surface area contributed by atoms with E-state index in [9.17, 15) is 9.59 Å². The van der Waals surface area contributed by atoms with Gasteiger partial charge in [0.25, 0.3) is 0 Å². The van der Waals surface area contributed by atoms with Crippen LogP contribution >= 0.6 is 0 Å². The van der Waals surface area contributed by atoms with Crippen LogP contribution in [-0.4, -0.2) is 29.5 Å². The fourth-order valence-electron chi connectivity index (χ4n) is 2.94. The maximum absolute atomic E-state index is 12.1. The van der Waals surface area contributed by atoms with Gasteiger partial charge in [0.15, 0.2) is 0 Å². The highest BCUT2D eigenvalue weighted by Crippen LogP contribution is 2.20. The SMILES string of the molecule is CCOC(=O)c1c(C)[nH]c(CCC(=O)N[C@H](C)Cc2ccco2)c1C. The summed E-state index contributed by atoms with van der Waals surface area (Å²) in [5, 5.41) is 2.97. The van der Waals surface area contributed by atoms with Crippen molar-refractivity contribution in [3.63, 3.8) is 0 Å². The topological polar surface area (TPSA) is 84.3 Å². The maximum Gasteiger partial charge on any atom is 0.340 e. The number of ether oxygens (including phenoxy) is 1. The Morgan fingerprint density at radius 2 is 2.12 bits per heavy atom. The number of H-pyrrole nitrogens is 1. The van der Waals surface area contributed by atoms with Crippen LogP contribution in [0.5, 0.6) is 0 Å². The van der Waals surface area contributed by atoms with Gasteiger partial charge in [-0.05, 0) is 51.8 Å². The number of furan rings is 1. The van der Waals surface area contributed by atoms with Gasteiger partial charge in [-0.15, -0.1) is 0 Å². The molecule has 6 heteroatoms. The second kappa shape index (κ2) is 8.55. The zero-order chi connectivity index (χ0) is 18.4. The Balaban J connectivity index is 1.89. The highest BCUT2D eigenvalue weighted by Gasteiger charge is 2.19. The summed E-state index contributed by atoms with van der Waals surface area (Å²) < 4.78 is 10.4. The molecule has 2 aromatic rings. The molecule has 0 spiro atoms. The van der Waals surface area contributed by atoms with Crippen molar-refractivity contribution in [1.82, 2.24) is 10.3 Å². The van der Waals surface area contributed by atoms with Crippen LogP contribution in [-0.2, 0) is 22.4 Å². The van der Waals surface area contributed by atoms with Crippen molar-refractivity contribution in [3.05, 3.63) is 46.7 Å². The minimum Gasteiger partial charge on any atom is -0.469 e. The number of carbonyl (C=O) groups is 2. The molecular weight excluding hydrogens is 320 g/mol. The molecule has 0 radical (unpaired) electrons. The predicted molar refractivity (Wildman–Crippen MR) is 94.6 cm³/mol. The summed E-state index contributed by atoms with van der Waals surface area (Å²) in [6.45, 7) is 7.79. The lowest BCUT2D eigenvalue weighted by Crippen LogP contribution is -2.34. The van der Waals surface area contributed by atoms with E-state index in [0.29, 0.717) is 31.4 Å². The molecule has 2 N–H and O–H groups in total. The molecule has 0 unspecified atom stereocenters. The Hall–Kier alpha value is -2.50. The summed E-state index contributed by atoms with van der Waals surface area (Å²) in [5.41, 5.74) is 3.10. The standard InChI is InChI=1S/C19H26N2O4/c1-5-24-19(23)18-13(3)16(21-14(18)4)8-9-17(22)20-12(2)11-15-7-6-10-25-15/h6-7,10,12,21H,5,8-9,11H2,1-4H3,(H,20,22)/t12-/m1/s1. The molecule has 2 heterocycles. The van der Waals surface area contributed by atoms with Gasteiger partial charge in [0.05, 0.1) is 18.4 Å². The van der Waals surface area contributed by atoms with Gasteiger partial charge in [-0.25, -0.2) is 4.79 Å². The van der Waals surface area contributed by atoms with Crippen LogP contribution in [0.2, 0.25) is 0 Å². The average molecular weight is 346 g/mol. The first-order chi connectivity index (χ1) is 11.9. The normalized spacial score (nSPS) is 12.0. The minimum atomic E-state index is -0.323. The number of aromatic nitrogens is 1. The fraction of sp³-hybridized carbons (Fsp3) is 0.474. The third-order valence-corrected chi connectivity index (χ3v) is 4.12. The van der Waals surface area contributed by atoms with Gasteiger partial charge in [0.2, 0.25) is 5.91 Å². The second-order valence-electron chi connectivity index (χ2n) is 6.20. The number of hydrogen-bond donors (Lipinski definition) is 2. The molecule has 1 amide bonds. The molecular formula is C19H26N2O4. The van der Waals surface area contributed by atoms with Gasteiger partial charge in [-0.1, -0.05) is 0 Å². The molecule has 0 saturated heterocycles. The van der Waals surface area contributed by atoms with Gasteiger partial charge < -0.3 is 19.5 Å². The molecule has 0 aliphatic heterocycles. The zero-order valence-corrected chi connectivity index (χ0v) is 15.3. The Kier molecular flexibility index (Phi) is 6.44. The van der Waals surface area contributed by atoms with E-state index in [-0.39, 0.29) is 17.9 Å². The number of nitrogens with one attached hydrogen (secondary N) is 2. The third-order valence-electron chi connectivity index (χ3n) is 4.12. The van der Waals surface area contributed by atoms with E-state index in [0.717, 1.165) is 22.7 Å². The molecule has 0 aliphatic rings. The van der Waals surface area contributed by atoms with Gasteiger partial charge >= 0.3 is 5.97 Å². The Labute approximate surface area is 147 Å². The number of carbonyl (C=O) groups excluding carboxylic acids is 2. The van der Waals surface area contributed by atoms with Crippen LogP contribution in [0.15, 0.2) is 22.8 Å². The highest BCUT2D eigenvalue weighted by molar-refractivity contribution is 5.92. The molecule has 1 atom stereocenters. The van der Waals surface area contributed by atoms with E-state index in [1.165, 1.54) is 0 Å². The summed E-state index contributed by atoms with van der Waals surface area (Å²) in [6.07, 6.45) is 3.19. The number of esters is 1. The number of amides is 1. The van der Waals surface area contributed by atoms with E-state index in [1.807, 2.05) is 32.9 Å². The molecule has 136 valence electrons. The minimum absolute atomic E-state index is 0.000202. The number of aromatic amines is 1. The molecule has 0 saturated carbocycles. The lowest BCUT2D eigenvalue weighted by molar-refractivity contribution is -0.121. The Morgan fingerprint density at radius 3 is 2.76 bits per heavy atom. The first kappa shape index (κ1) is 18.8. The molecule has 0 bridgehead atoms. The van der Waals surface area contributed by atoms with Gasteiger partial charge in [-0.3, -0.25) is 4.79 Å². The van der Waals surface area contributed by atoms with E-state index < -0.39 is 0 Å². The van der Waals surface area contributed by atoms with Crippen LogP contribution in [0.25, 0.3) is 0 Å². The van der Waals surface area contributed by atoms with Crippen molar-refractivity contribution in [3.8, 4) is 0 Å². The van der Waals surface area contributed by atoms with Crippen molar-refractivity contribution < 1.29 is 18.7 Å². The van der Waals surface area contributed by atoms with Gasteiger partial charge in [-0.2, -0.15) is 0 Å². The maximum atomic E-state index is 12.1. The van der Waals surface area contributed by atoms with Crippen molar-refractivity contribution in [1.29, 1.82) is 0 Å². The predicted octanol–water partition coefficient (Wildman–Crippen LogP) is 3.08. The summed E-state index contributed by atoms with van der Waals surface area (Å²) in [6, 6.07) is 3.73. The van der Waals surface area contributed by atoms with Crippen molar-refractivity contribution >= 4 is 11.9 Å². The Morgan fingerprint density at radius 1 is 1.36 bits per heavy atom. The molecule has 2 aromatic heterocycles. The van der Waals surface area contributed by atoms with Crippen LogP contribution in [0.1, 0.15) is 53.3 Å². The van der Waals surface area contributed by atoms with Crippen LogP contribution in [0.3, 0.4) is 0 Å². The second-order valence-corrected chi connectivity index (χ2v) is 6.20. The first-order valence-corrected chi connectivity index (χ1v) is 8.59. The quantitative estimate of drug-likeness (QED) is 0.720. The molecule has 6 nitrogen and oxygen atoms in total. The monoisotopic (exact) mass is 346 g/mol. The Bertz CT molecular complexity index is 716. The largest absolute Gasteiger partial charge is 0.469 e. The molecule has 2 rings (SSSR count). The van der Waals surface area contributed by atoms with Crippen molar-refractivity contribution in [2.24, 2.45) is 0 Å². The average Bonchev–Trinajstić information content (AvgIpc) is 3.13. The van der Waals surface area contributed by atoms with E-state index in [2.05, 4.69) is 10.3 Å². The fourth-order valence-corrected chi connectivity index (χ4v) is 2.94. The lowest BCUT2D eigenvalue weighted by atomic mass is 10.1. The van der Waals surface area contributed by atoms with Crippen molar-refractivity contribution in [2.45, 2.75) is 53.0 Å². The van der Waals surface area contributed by atoms with E-state index in [4.69, 9.17) is 9.15 Å². The molecule has 0 aliphatic carbocycles. The van der Waals surface area contributed by atoms with E-state index in [1.54, 1.807) is 13.2 Å². The summed E-state index contributed by atoms with van der Waals surface area (Å²) in [7, 11) is 0. The molecule has 25 heavy (non-hydrogen) atoms. The molecule has 0 fully saturated rings. The number of rotatable bonds is 8. The summed E-state index contributed by atoms with van der Waals surface area (Å²) in [4.78, 5) is 27.4. The lowest BCUT2D eigenvalue weighted by Gasteiger charge is -2.12. The van der Waals surface area contributed by atoms with Crippen LogP contribution in [0, 0.1) is 13.8 Å². The number of aryl methyl sites for hydroxylation is 2. The first-order valence-electron chi connectivity index (χ1n) is 8.59. The zero-order valence-electron chi connectivity index (χ0n) is 15.3. The van der Waals surface area contributed by atoms with Gasteiger partial charge in [0.1, 0.15) is 5.76 Å². The molecule has 0 aromatic carbocycles. The smallest absolute Gasteiger partial charge is 0.340 e. The third kappa shape index (κ3) is 4.98. The van der Waals surface area contributed by atoms with Crippen LogP contribution < -0.4 is 5.32 Å². The summed E-state index contributed by atoms with van der Waals surface area (Å²) >= 11 is 0. The highest BCUT2D eigenvalue weighted by atomic mass is 16.5. The van der Waals surface area contributed by atoms with Gasteiger partial charge in [0, 0.05) is 30.3 Å².